The van der Waals surface area contributed by atoms with E-state index in [9.17, 15) is 4.79 Å². The highest BCUT2D eigenvalue weighted by Crippen LogP contribution is 2.32. The molecule has 1 amide bonds. The van der Waals surface area contributed by atoms with E-state index in [4.69, 9.17) is 25.8 Å². The monoisotopic (exact) mass is 460 g/mol. The number of rotatable bonds is 9. The van der Waals surface area contributed by atoms with Crippen LogP contribution in [0.15, 0.2) is 47.6 Å². The molecule has 1 aromatic heterocycles. The Morgan fingerprint density at radius 2 is 2.00 bits per heavy atom. The first-order chi connectivity index (χ1) is 15.1. The number of carbonyl (C=O) groups is 1. The molecule has 2 aromatic carbocycles. The zero-order valence-electron chi connectivity index (χ0n) is 16.8. The largest absolute Gasteiger partial charge is 0.454 e. The van der Waals surface area contributed by atoms with Gasteiger partial charge in [0.2, 0.25) is 12.7 Å². The SMILES string of the molecule is COCCn1c(SCC(=O)NCc2ccc3c(c2)OCO3)nnc1-c1ccc(Cl)cc1. The smallest absolute Gasteiger partial charge is 0.231 e. The Bertz CT molecular complexity index is 1060. The van der Waals surface area contributed by atoms with Gasteiger partial charge < -0.3 is 19.5 Å². The van der Waals surface area contributed by atoms with E-state index in [1.54, 1.807) is 7.11 Å². The number of thioether (sulfide) groups is 1. The molecule has 31 heavy (non-hydrogen) atoms. The molecule has 0 saturated heterocycles. The predicted molar refractivity (Wildman–Crippen MR) is 117 cm³/mol. The van der Waals surface area contributed by atoms with Gasteiger partial charge in [0.15, 0.2) is 22.5 Å². The van der Waals surface area contributed by atoms with Crippen molar-refractivity contribution in [3.63, 3.8) is 0 Å². The van der Waals surface area contributed by atoms with Crippen LogP contribution >= 0.6 is 23.4 Å². The van der Waals surface area contributed by atoms with Crippen molar-refractivity contribution in [2.24, 2.45) is 0 Å². The second-order valence-electron chi connectivity index (χ2n) is 6.71. The third-order valence-corrected chi connectivity index (χ3v) is 5.82. The van der Waals surface area contributed by atoms with E-state index < -0.39 is 0 Å². The standard InChI is InChI=1S/C21H21ClN4O4S/c1-28-9-8-26-20(15-3-5-16(22)6-4-15)24-25-21(26)31-12-19(27)23-11-14-2-7-17-18(10-14)30-13-29-17/h2-7,10H,8-9,11-13H2,1H3,(H,23,27). The molecule has 0 aliphatic carbocycles. The molecule has 0 fully saturated rings. The second kappa shape index (κ2) is 10.0. The van der Waals surface area contributed by atoms with Gasteiger partial charge in [-0.3, -0.25) is 9.36 Å². The minimum absolute atomic E-state index is 0.1000. The number of benzene rings is 2. The Morgan fingerprint density at radius 1 is 1.19 bits per heavy atom. The Kier molecular flexibility index (Phi) is 6.96. The van der Waals surface area contributed by atoms with Gasteiger partial charge in [-0.25, -0.2) is 0 Å². The van der Waals surface area contributed by atoms with Crippen LogP contribution in [-0.4, -0.2) is 46.9 Å². The lowest BCUT2D eigenvalue weighted by molar-refractivity contribution is -0.118. The molecule has 4 rings (SSSR count). The molecule has 1 aliphatic heterocycles. The quantitative estimate of drug-likeness (QED) is 0.490. The van der Waals surface area contributed by atoms with Crippen LogP contribution < -0.4 is 14.8 Å². The van der Waals surface area contributed by atoms with Gasteiger partial charge in [0, 0.05) is 24.2 Å². The third-order valence-electron chi connectivity index (χ3n) is 4.60. The van der Waals surface area contributed by atoms with Crippen LogP contribution in [0.2, 0.25) is 5.02 Å². The van der Waals surface area contributed by atoms with Gasteiger partial charge in [0.25, 0.3) is 0 Å². The Labute approximate surface area is 188 Å². The first kappa shape index (κ1) is 21.5. The average Bonchev–Trinajstić information content (AvgIpc) is 3.41. The van der Waals surface area contributed by atoms with Crippen molar-refractivity contribution in [2.75, 3.05) is 26.3 Å². The van der Waals surface area contributed by atoms with E-state index in [2.05, 4.69) is 15.5 Å². The maximum Gasteiger partial charge on any atom is 0.231 e. The Hall–Kier alpha value is -2.75. The minimum atomic E-state index is -0.1000. The van der Waals surface area contributed by atoms with E-state index in [0.29, 0.717) is 41.4 Å². The van der Waals surface area contributed by atoms with Gasteiger partial charge in [-0.15, -0.1) is 10.2 Å². The topological polar surface area (TPSA) is 87.5 Å². The molecule has 0 atom stereocenters. The summed E-state index contributed by atoms with van der Waals surface area (Å²) in [5.74, 6) is 2.24. The van der Waals surface area contributed by atoms with Crippen molar-refractivity contribution in [3.8, 4) is 22.9 Å². The summed E-state index contributed by atoms with van der Waals surface area (Å²) in [5.41, 5.74) is 1.84. The lowest BCUT2D eigenvalue weighted by Gasteiger charge is -2.10. The Balaban J connectivity index is 1.38. The molecule has 2 heterocycles. The number of nitrogens with zero attached hydrogens (tertiary/aromatic N) is 3. The summed E-state index contributed by atoms with van der Waals surface area (Å²) >= 11 is 7.32. The van der Waals surface area contributed by atoms with Gasteiger partial charge in [0.1, 0.15) is 0 Å². The van der Waals surface area contributed by atoms with Crippen molar-refractivity contribution >= 4 is 29.3 Å². The molecule has 1 aliphatic rings. The first-order valence-corrected chi connectivity index (χ1v) is 11.0. The maximum atomic E-state index is 12.4. The summed E-state index contributed by atoms with van der Waals surface area (Å²) in [4.78, 5) is 12.4. The Morgan fingerprint density at radius 3 is 2.81 bits per heavy atom. The van der Waals surface area contributed by atoms with Crippen LogP contribution in [-0.2, 0) is 22.6 Å². The number of methoxy groups -OCH3 is 1. The summed E-state index contributed by atoms with van der Waals surface area (Å²) in [6.45, 7) is 1.71. The second-order valence-corrected chi connectivity index (χ2v) is 8.09. The number of fused-ring (bicyclic) bond motifs is 1. The number of ether oxygens (including phenoxy) is 3. The van der Waals surface area contributed by atoms with Crippen molar-refractivity contribution in [1.82, 2.24) is 20.1 Å². The van der Waals surface area contributed by atoms with Crippen LogP contribution in [0, 0.1) is 0 Å². The van der Waals surface area contributed by atoms with Crippen molar-refractivity contribution < 1.29 is 19.0 Å². The van der Waals surface area contributed by atoms with Crippen molar-refractivity contribution in [1.29, 1.82) is 0 Å². The van der Waals surface area contributed by atoms with E-state index in [1.165, 1.54) is 11.8 Å². The number of aromatic nitrogens is 3. The lowest BCUT2D eigenvalue weighted by Crippen LogP contribution is -2.24. The molecular formula is C21H21ClN4O4S. The third kappa shape index (κ3) is 5.30. The molecule has 10 heteroatoms. The first-order valence-electron chi connectivity index (χ1n) is 9.60. The zero-order chi connectivity index (χ0) is 21.6. The molecule has 0 saturated carbocycles. The van der Waals surface area contributed by atoms with Gasteiger partial charge in [-0.2, -0.15) is 0 Å². The molecule has 0 radical (unpaired) electrons. The summed E-state index contributed by atoms with van der Waals surface area (Å²) in [6.07, 6.45) is 0. The number of carbonyl (C=O) groups excluding carboxylic acids is 1. The number of hydrogen-bond donors (Lipinski definition) is 1. The van der Waals surface area contributed by atoms with Crippen LogP contribution in [0.3, 0.4) is 0 Å². The van der Waals surface area contributed by atoms with E-state index in [0.717, 1.165) is 16.9 Å². The summed E-state index contributed by atoms with van der Waals surface area (Å²) in [7, 11) is 1.64. The normalized spacial score (nSPS) is 12.2. The molecule has 162 valence electrons. The number of nitrogens with one attached hydrogen (secondary N) is 1. The van der Waals surface area contributed by atoms with Crippen molar-refractivity contribution in [2.45, 2.75) is 18.2 Å². The van der Waals surface area contributed by atoms with Crippen molar-refractivity contribution in [3.05, 3.63) is 53.1 Å². The minimum Gasteiger partial charge on any atom is -0.454 e. The molecule has 3 aromatic rings. The molecule has 0 unspecified atom stereocenters. The maximum absolute atomic E-state index is 12.4. The molecule has 0 bridgehead atoms. The summed E-state index contributed by atoms with van der Waals surface area (Å²) in [5, 5.41) is 12.8. The summed E-state index contributed by atoms with van der Waals surface area (Å²) < 4.78 is 17.8. The highest BCUT2D eigenvalue weighted by Gasteiger charge is 2.16. The zero-order valence-corrected chi connectivity index (χ0v) is 18.4. The highest BCUT2D eigenvalue weighted by atomic mass is 35.5. The average molecular weight is 461 g/mol. The van der Waals surface area contributed by atoms with Crippen LogP contribution in [0.4, 0.5) is 0 Å². The fourth-order valence-electron chi connectivity index (χ4n) is 3.02. The summed E-state index contributed by atoms with van der Waals surface area (Å²) in [6, 6.07) is 13.0. The van der Waals surface area contributed by atoms with Gasteiger partial charge >= 0.3 is 0 Å². The van der Waals surface area contributed by atoms with E-state index in [-0.39, 0.29) is 18.5 Å². The number of hydrogen-bond acceptors (Lipinski definition) is 7. The molecule has 0 spiro atoms. The van der Waals surface area contributed by atoms with Gasteiger partial charge in [0.05, 0.1) is 18.9 Å². The molecular weight excluding hydrogens is 440 g/mol. The van der Waals surface area contributed by atoms with Crippen LogP contribution in [0.25, 0.3) is 11.4 Å². The fourth-order valence-corrected chi connectivity index (χ4v) is 3.95. The number of amides is 1. The van der Waals surface area contributed by atoms with E-state index in [1.807, 2.05) is 47.0 Å². The van der Waals surface area contributed by atoms with Crippen LogP contribution in [0.5, 0.6) is 11.5 Å². The lowest BCUT2D eigenvalue weighted by atomic mass is 10.2. The fraction of sp³-hybridized carbons (Fsp3) is 0.286. The number of halogens is 1. The van der Waals surface area contributed by atoms with Gasteiger partial charge in [-0.1, -0.05) is 29.4 Å². The molecule has 8 nitrogen and oxygen atoms in total. The van der Waals surface area contributed by atoms with Gasteiger partial charge in [-0.05, 0) is 42.0 Å². The molecule has 1 N–H and O–H groups in total. The van der Waals surface area contributed by atoms with E-state index >= 15 is 0 Å². The highest BCUT2D eigenvalue weighted by molar-refractivity contribution is 7.99. The van der Waals surface area contributed by atoms with Crippen LogP contribution in [0.1, 0.15) is 5.56 Å². The predicted octanol–water partition coefficient (Wildman–Crippen LogP) is 3.38.